The average molecular weight is 311 g/mol. The van der Waals surface area contributed by atoms with Crippen molar-refractivity contribution in [3.63, 3.8) is 0 Å². The summed E-state index contributed by atoms with van der Waals surface area (Å²) < 4.78 is 18.2. The molecular weight excluding hydrogens is 299 g/mol. The Morgan fingerprint density at radius 2 is 2.24 bits per heavy atom. The van der Waals surface area contributed by atoms with Crippen molar-refractivity contribution >= 4 is 17.6 Å². The molecule has 0 bridgehead atoms. The van der Waals surface area contributed by atoms with Gasteiger partial charge in [0.25, 0.3) is 0 Å². The Kier molecular flexibility index (Phi) is 3.63. The van der Waals surface area contributed by atoms with Crippen molar-refractivity contribution in [1.29, 1.82) is 0 Å². The molecule has 2 unspecified atom stereocenters. The molecule has 1 fully saturated rings. The van der Waals surface area contributed by atoms with Crippen molar-refractivity contribution in [2.24, 2.45) is 5.92 Å². The van der Waals surface area contributed by atoms with Gasteiger partial charge in [0.2, 0.25) is 11.7 Å². The summed E-state index contributed by atoms with van der Waals surface area (Å²) >= 11 is 5.96. The van der Waals surface area contributed by atoms with E-state index in [9.17, 15) is 14.3 Å². The third-order valence-corrected chi connectivity index (χ3v) is 4.08. The number of aromatic nitrogens is 2. The Labute approximate surface area is 124 Å². The summed E-state index contributed by atoms with van der Waals surface area (Å²) in [4.78, 5) is 15.4. The maximum absolute atomic E-state index is 13.0. The van der Waals surface area contributed by atoms with E-state index in [1.165, 1.54) is 18.2 Å². The van der Waals surface area contributed by atoms with Gasteiger partial charge < -0.3 is 9.63 Å². The van der Waals surface area contributed by atoms with E-state index in [4.69, 9.17) is 16.1 Å². The summed E-state index contributed by atoms with van der Waals surface area (Å²) in [5.41, 5.74) is 0.456. The molecule has 21 heavy (non-hydrogen) atoms. The number of aliphatic carboxylic acids is 1. The Hall–Kier alpha value is -1.95. The molecule has 1 heterocycles. The van der Waals surface area contributed by atoms with Gasteiger partial charge in [-0.1, -0.05) is 23.2 Å². The molecule has 1 N–H and O–H groups in total. The molecule has 1 aliphatic rings. The monoisotopic (exact) mass is 310 g/mol. The maximum Gasteiger partial charge on any atom is 0.307 e. The van der Waals surface area contributed by atoms with Crippen LogP contribution in [-0.2, 0) is 4.79 Å². The van der Waals surface area contributed by atoms with Crippen LogP contribution in [0.3, 0.4) is 0 Å². The van der Waals surface area contributed by atoms with Crippen molar-refractivity contribution < 1.29 is 18.8 Å². The molecule has 2 atom stereocenters. The third-order valence-electron chi connectivity index (χ3n) is 3.76. The number of nitrogens with zero attached hydrogens (tertiary/aromatic N) is 2. The number of carboxylic acids is 1. The van der Waals surface area contributed by atoms with E-state index in [2.05, 4.69) is 10.1 Å². The first-order valence-corrected chi connectivity index (χ1v) is 6.96. The highest BCUT2D eigenvalue weighted by molar-refractivity contribution is 6.33. The van der Waals surface area contributed by atoms with Crippen LogP contribution in [0.15, 0.2) is 22.7 Å². The van der Waals surface area contributed by atoms with Crippen LogP contribution in [0.1, 0.15) is 31.1 Å². The molecule has 5 nitrogen and oxygen atoms in total. The number of hydrogen-bond donors (Lipinski definition) is 1. The number of rotatable bonds is 3. The van der Waals surface area contributed by atoms with E-state index in [-0.39, 0.29) is 16.8 Å². The topological polar surface area (TPSA) is 76.2 Å². The minimum atomic E-state index is -0.850. The lowest BCUT2D eigenvalue weighted by molar-refractivity contribution is -0.142. The Bertz CT molecular complexity index is 689. The van der Waals surface area contributed by atoms with E-state index in [0.717, 1.165) is 6.42 Å². The van der Waals surface area contributed by atoms with Crippen molar-refractivity contribution in [1.82, 2.24) is 10.1 Å². The van der Waals surface area contributed by atoms with Crippen LogP contribution in [0.2, 0.25) is 5.02 Å². The zero-order valence-electron chi connectivity index (χ0n) is 10.9. The Morgan fingerprint density at radius 3 is 2.95 bits per heavy atom. The molecule has 1 aromatic heterocycles. The Morgan fingerprint density at radius 1 is 1.43 bits per heavy atom. The fourth-order valence-corrected chi connectivity index (χ4v) is 2.97. The summed E-state index contributed by atoms with van der Waals surface area (Å²) in [7, 11) is 0. The number of hydrogen-bond acceptors (Lipinski definition) is 4. The molecule has 0 radical (unpaired) electrons. The molecule has 0 aliphatic heterocycles. The van der Waals surface area contributed by atoms with Gasteiger partial charge >= 0.3 is 5.97 Å². The number of carbonyl (C=O) groups is 1. The van der Waals surface area contributed by atoms with E-state index in [0.29, 0.717) is 24.3 Å². The summed E-state index contributed by atoms with van der Waals surface area (Å²) in [6.45, 7) is 0. The second-order valence-electron chi connectivity index (χ2n) is 5.06. The van der Waals surface area contributed by atoms with Crippen LogP contribution in [0.4, 0.5) is 4.39 Å². The summed E-state index contributed by atoms with van der Waals surface area (Å²) in [6, 6.07) is 3.89. The SMILES string of the molecule is O=C(O)C1CCCC1c1nc(-c2ccc(F)cc2Cl)no1. The van der Waals surface area contributed by atoms with Gasteiger partial charge in [0.05, 0.1) is 16.9 Å². The summed E-state index contributed by atoms with van der Waals surface area (Å²) in [5, 5.41) is 13.2. The highest BCUT2D eigenvalue weighted by Crippen LogP contribution is 2.39. The molecule has 0 amide bonds. The van der Waals surface area contributed by atoms with Gasteiger partial charge in [-0.15, -0.1) is 0 Å². The number of halogens is 2. The predicted molar refractivity (Wildman–Crippen MR) is 72.4 cm³/mol. The average Bonchev–Trinajstić information content (AvgIpc) is 3.06. The Balaban J connectivity index is 1.91. The first-order valence-electron chi connectivity index (χ1n) is 6.58. The molecule has 3 rings (SSSR count). The quantitative estimate of drug-likeness (QED) is 0.939. The van der Waals surface area contributed by atoms with Gasteiger partial charge in [-0.3, -0.25) is 4.79 Å². The lowest BCUT2D eigenvalue weighted by Crippen LogP contribution is -2.17. The van der Waals surface area contributed by atoms with Crippen LogP contribution < -0.4 is 0 Å². The van der Waals surface area contributed by atoms with Gasteiger partial charge in [0.15, 0.2) is 0 Å². The molecule has 1 saturated carbocycles. The molecule has 110 valence electrons. The number of benzene rings is 1. The molecule has 1 aromatic carbocycles. The molecule has 0 saturated heterocycles. The normalized spacial score (nSPS) is 21.6. The predicted octanol–water partition coefficient (Wildman–Crippen LogP) is 3.50. The molecule has 2 aromatic rings. The maximum atomic E-state index is 13.0. The summed E-state index contributed by atoms with van der Waals surface area (Å²) in [5.74, 6) is -1.53. The van der Waals surface area contributed by atoms with Crippen molar-refractivity contribution in [2.45, 2.75) is 25.2 Å². The lowest BCUT2D eigenvalue weighted by atomic mass is 9.96. The molecular formula is C14H12ClFN2O3. The second-order valence-corrected chi connectivity index (χ2v) is 5.47. The van der Waals surface area contributed by atoms with Crippen LogP contribution in [0.25, 0.3) is 11.4 Å². The van der Waals surface area contributed by atoms with Crippen LogP contribution in [0.5, 0.6) is 0 Å². The minimum absolute atomic E-state index is 0.184. The van der Waals surface area contributed by atoms with Gasteiger partial charge in [-0.25, -0.2) is 4.39 Å². The zero-order valence-corrected chi connectivity index (χ0v) is 11.7. The first kappa shape index (κ1) is 14.0. The smallest absolute Gasteiger partial charge is 0.307 e. The molecule has 7 heteroatoms. The first-order chi connectivity index (χ1) is 10.1. The van der Waals surface area contributed by atoms with Crippen LogP contribution in [0, 0.1) is 11.7 Å². The van der Waals surface area contributed by atoms with E-state index >= 15 is 0 Å². The molecule has 1 aliphatic carbocycles. The summed E-state index contributed by atoms with van der Waals surface area (Å²) in [6.07, 6.45) is 2.13. The van der Waals surface area contributed by atoms with Gasteiger partial charge in [-0.05, 0) is 31.0 Å². The minimum Gasteiger partial charge on any atom is -0.481 e. The zero-order chi connectivity index (χ0) is 15.0. The second kappa shape index (κ2) is 5.44. The van der Waals surface area contributed by atoms with Gasteiger partial charge in [0.1, 0.15) is 5.82 Å². The van der Waals surface area contributed by atoms with E-state index < -0.39 is 17.7 Å². The van der Waals surface area contributed by atoms with Crippen molar-refractivity contribution in [3.05, 3.63) is 34.9 Å². The number of carboxylic acid groups (broad SMARTS) is 1. The highest BCUT2D eigenvalue weighted by Gasteiger charge is 2.37. The highest BCUT2D eigenvalue weighted by atomic mass is 35.5. The van der Waals surface area contributed by atoms with Gasteiger partial charge in [-0.2, -0.15) is 4.98 Å². The van der Waals surface area contributed by atoms with Crippen molar-refractivity contribution in [2.75, 3.05) is 0 Å². The van der Waals surface area contributed by atoms with Crippen LogP contribution in [-0.4, -0.2) is 21.2 Å². The van der Waals surface area contributed by atoms with Crippen molar-refractivity contribution in [3.8, 4) is 11.4 Å². The van der Waals surface area contributed by atoms with Gasteiger partial charge in [0, 0.05) is 5.56 Å². The van der Waals surface area contributed by atoms with Crippen LogP contribution >= 0.6 is 11.6 Å². The lowest BCUT2D eigenvalue weighted by Gasteiger charge is -2.10. The fourth-order valence-electron chi connectivity index (χ4n) is 2.72. The molecule has 0 spiro atoms. The van der Waals surface area contributed by atoms with E-state index in [1.807, 2.05) is 0 Å². The standard InChI is InChI=1S/C14H12ClFN2O3/c15-11-6-7(16)4-5-10(11)12-17-13(21-18-12)8-2-1-3-9(8)14(19)20/h4-6,8-9H,1-3H2,(H,19,20). The largest absolute Gasteiger partial charge is 0.481 e. The fraction of sp³-hybridized carbons (Fsp3) is 0.357. The van der Waals surface area contributed by atoms with E-state index in [1.54, 1.807) is 0 Å². The third kappa shape index (κ3) is 2.63.